The standard InChI is InChI=1S/C19H30N2O4S/c1-4-13-26(23,24)21-11-6-9-17(14-21)19(22)20-10-12-25-18-15(2)7-5-8-16(18)3/h5,7-8,17H,4,6,9-14H2,1-3H3,(H,20,22). The lowest BCUT2D eigenvalue weighted by molar-refractivity contribution is -0.126. The fourth-order valence-electron chi connectivity index (χ4n) is 3.29. The number of nitrogens with zero attached hydrogens (tertiary/aromatic N) is 1. The zero-order valence-corrected chi connectivity index (χ0v) is 16.8. The van der Waals surface area contributed by atoms with E-state index in [0.29, 0.717) is 26.1 Å². The van der Waals surface area contributed by atoms with Gasteiger partial charge in [-0.15, -0.1) is 0 Å². The highest BCUT2D eigenvalue weighted by Crippen LogP contribution is 2.22. The largest absolute Gasteiger partial charge is 0.491 e. The van der Waals surface area contributed by atoms with Crippen LogP contribution in [0.15, 0.2) is 18.2 Å². The zero-order valence-electron chi connectivity index (χ0n) is 16.0. The van der Waals surface area contributed by atoms with Crippen molar-refractivity contribution in [1.29, 1.82) is 0 Å². The molecule has 1 saturated heterocycles. The lowest BCUT2D eigenvalue weighted by Crippen LogP contribution is -2.46. The Morgan fingerprint density at radius 3 is 2.65 bits per heavy atom. The maximum Gasteiger partial charge on any atom is 0.224 e. The lowest BCUT2D eigenvalue weighted by Gasteiger charge is -2.31. The van der Waals surface area contributed by atoms with Gasteiger partial charge in [0.2, 0.25) is 15.9 Å². The first-order chi connectivity index (χ1) is 12.3. The average Bonchev–Trinajstić information content (AvgIpc) is 2.60. The van der Waals surface area contributed by atoms with Gasteiger partial charge in [-0.1, -0.05) is 25.1 Å². The van der Waals surface area contributed by atoms with Crippen molar-refractivity contribution in [3.05, 3.63) is 29.3 Å². The second-order valence-corrected chi connectivity index (χ2v) is 8.96. The van der Waals surface area contributed by atoms with E-state index in [4.69, 9.17) is 4.74 Å². The number of para-hydroxylation sites is 1. The highest BCUT2D eigenvalue weighted by Gasteiger charge is 2.31. The molecular formula is C19H30N2O4S. The summed E-state index contributed by atoms with van der Waals surface area (Å²) in [6.45, 7) is 7.44. The van der Waals surface area contributed by atoms with Crippen LogP contribution in [0.1, 0.15) is 37.3 Å². The van der Waals surface area contributed by atoms with Gasteiger partial charge in [0.1, 0.15) is 12.4 Å². The van der Waals surface area contributed by atoms with E-state index in [2.05, 4.69) is 5.32 Å². The fourth-order valence-corrected chi connectivity index (χ4v) is 4.88. The van der Waals surface area contributed by atoms with Gasteiger partial charge in [-0.3, -0.25) is 4.79 Å². The van der Waals surface area contributed by atoms with E-state index in [9.17, 15) is 13.2 Å². The summed E-state index contributed by atoms with van der Waals surface area (Å²) in [6, 6.07) is 5.98. The number of hydrogen-bond donors (Lipinski definition) is 1. The maximum atomic E-state index is 12.4. The summed E-state index contributed by atoms with van der Waals surface area (Å²) >= 11 is 0. The van der Waals surface area contributed by atoms with Crippen molar-refractivity contribution in [1.82, 2.24) is 9.62 Å². The number of rotatable bonds is 8. The summed E-state index contributed by atoms with van der Waals surface area (Å²) in [5.41, 5.74) is 2.14. The van der Waals surface area contributed by atoms with Gasteiger partial charge >= 0.3 is 0 Å². The van der Waals surface area contributed by atoms with Crippen LogP contribution in [-0.4, -0.2) is 50.6 Å². The summed E-state index contributed by atoms with van der Waals surface area (Å²) in [5, 5.41) is 2.88. The molecule has 0 spiro atoms. The summed E-state index contributed by atoms with van der Waals surface area (Å²) in [7, 11) is -3.24. The van der Waals surface area contributed by atoms with E-state index >= 15 is 0 Å². The van der Waals surface area contributed by atoms with Crippen molar-refractivity contribution >= 4 is 15.9 Å². The number of aryl methyl sites for hydroxylation is 2. The highest BCUT2D eigenvalue weighted by molar-refractivity contribution is 7.89. The normalized spacial score (nSPS) is 18.5. The first-order valence-corrected chi connectivity index (χ1v) is 10.9. The molecule has 1 aromatic carbocycles. The molecule has 1 atom stereocenters. The number of hydrogen-bond acceptors (Lipinski definition) is 4. The van der Waals surface area contributed by atoms with Crippen molar-refractivity contribution in [2.45, 2.75) is 40.0 Å². The van der Waals surface area contributed by atoms with E-state index in [-0.39, 0.29) is 24.1 Å². The Bertz CT molecular complexity index is 698. The lowest BCUT2D eigenvalue weighted by atomic mass is 9.99. The van der Waals surface area contributed by atoms with Gasteiger partial charge in [0, 0.05) is 13.1 Å². The smallest absolute Gasteiger partial charge is 0.224 e. The first kappa shape index (κ1) is 20.7. The average molecular weight is 383 g/mol. The van der Waals surface area contributed by atoms with Gasteiger partial charge in [0.15, 0.2) is 0 Å². The quantitative estimate of drug-likeness (QED) is 0.700. The number of carbonyl (C=O) groups is 1. The van der Waals surface area contributed by atoms with Crippen LogP contribution in [0.3, 0.4) is 0 Å². The Morgan fingerprint density at radius 1 is 1.31 bits per heavy atom. The number of nitrogens with one attached hydrogen (secondary N) is 1. The van der Waals surface area contributed by atoms with Crippen LogP contribution >= 0.6 is 0 Å². The SMILES string of the molecule is CCCS(=O)(=O)N1CCCC(C(=O)NCCOc2c(C)cccc2C)C1. The first-order valence-electron chi connectivity index (χ1n) is 9.29. The van der Waals surface area contributed by atoms with Crippen LogP contribution < -0.4 is 10.1 Å². The Labute approximate surface area is 157 Å². The van der Waals surface area contributed by atoms with Gasteiger partial charge in [0.25, 0.3) is 0 Å². The summed E-state index contributed by atoms with van der Waals surface area (Å²) in [5.74, 6) is 0.628. The summed E-state index contributed by atoms with van der Waals surface area (Å²) in [6.07, 6.45) is 2.03. The molecule has 6 nitrogen and oxygen atoms in total. The molecule has 1 fully saturated rings. The van der Waals surface area contributed by atoms with Crippen molar-refractivity contribution in [2.24, 2.45) is 5.92 Å². The molecular weight excluding hydrogens is 352 g/mol. The van der Waals surface area contributed by atoms with Crippen LogP contribution in [0, 0.1) is 19.8 Å². The predicted molar refractivity (Wildman–Crippen MR) is 103 cm³/mol. The second kappa shape index (κ2) is 9.37. The topological polar surface area (TPSA) is 75.7 Å². The van der Waals surface area contributed by atoms with E-state index in [1.54, 1.807) is 0 Å². The molecule has 0 aliphatic carbocycles. The number of sulfonamides is 1. The minimum atomic E-state index is -3.24. The molecule has 0 radical (unpaired) electrons. The van der Waals surface area contributed by atoms with Crippen molar-refractivity contribution in [3.8, 4) is 5.75 Å². The second-order valence-electron chi connectivity index (χ2n) is 6.87. The van der Waals surface area contributed by atoms with Gasteiger partial charge in [-0.2, -0.15) is 0 Å². The van der Waals surface area contributed by atoms with Crippen molar-refractivity contribution in [2.75, 3.05) is 32.0 Å². The number of ether oxygens (including phenoxy) is 1. The van der Waals surface area contributed by atoms with E-state index in [0.717, 1.165) is 29.7 Å². The third-order valence-electron chi connectivity index (χ3n) is 4.67. The number of benzene rings is 1. The van der Waals surface area contributed by atoms with Gasteiger partial charge < -0.3 is 10.1 Å². The third kappa shape index (κ3) is 5.45. The minimum Gasteiger partial charge on any atom is -0.491 e. The van der Waals surface area contributed by atoms with Crippen LogP contribution in [0.5, 0.6) is 5.75 Å². The molecule has 26 heavy (non-hydrogen) atoms. The van der Waals surface area contributed by atoms with Crippen LogP contribution in [0.25, 0.3) is 0 Å². The number of carbonyl (C=O) groups excluding carboxylic acids is 1. The fraction of sp³-hybridized carbons (Fsp3) is 0.632. The molecule has 1 aliphatic heterocycles. The number of amides is 1. The molecule has 1 aromatic rings. The molecule has 1 amide bonds. The number of piperidine rings is 1. The monoisotopic (exact) mass is 382 g/mol. The molecule has 0 aromatic heterocycles. The summed E-state index contributed by atoms with van der Waals surface area (Å²) in [4.78, 5) is 12.4. The van der Waals surface area contributed by atoms with Crippen LogP contribution in [0.4, 0.5) is 0 Å². The molecule has 2 rings (SSSR count). The van der Waals surface area contributed by atoms with Gasteiger partial charge in [0.05, 0.1) is 18.2 Å². The molecule has 1 heterocycles. The van der Waals surface area contributed by atoms with Gasteiger partial charge in [-0.25, -0.2) is 12.7 Å². The molecule has 1 aliphatic rings. The molecule has 1 N–H and O–H groups in total. The Kier molecular flexibility index (Phi) is 7.46. The maximum absolute atomic E-state index is 12.4. The molecule has 7 heteroatoms. The Hall–Kier alpha value is -1.60. The van der Waals surface area contributed by atoms with E-state index in [1.807, 2.05) is 39.0 Å². The molecule has 146 valence electrons. The molecule has 0 saturated carbocycles. The Morgan fingerprint density at radius 2 is 2.00 bits per heavy atom. The van der Waals surface area contributed by atoms with E-state index in [1.165, 1.54) is 4.31 Å². The van der Waals surface area contributed by atoms with Crippen LogP contribution in [-0.2, 0) is 14.8 Å². The van der Waals surface area contributed by atoms with E-state index < -0.39 is 10.0 Å². The third-order valence-corrected chi connectivity index (χ3v) is 6.71. The molecule has 1 unspecified atom stereocenters. The summed E-state index contributed by atoms with van der Waals surface area (Å²) < 4.78 is 31.7. The molecule has 0 bridgehead atoms. The predicted octanol–water partition coefficient (Wildman–Crippen LogP) is 2.25. The minimum absolute atomic E-state index is 0.0912. The zero-order chi connectivity index (χ0) is 19.2. The van der Waals surface area contributed by atoms with Crippen LogP contribution in [0.2, 0.25) is 0 Å². The Balaban J connectivity index is 1.80. The highest BCUT2D eigenvalue weighted by atomic mass is 32.2. The van der Waals surface area contributed by atoms with Crippen molar-refractivity contribution in [3.63, 3.8) is 0 Å². The van der Waals surface area contributed by atoms with Crippen molar-refractivity contribution < 1.29 is 17.9 Å². The van der Waals surface area contributed by atoms with Gasteiger partial charge in [-0.05, 0) is 44.2 Å².